The number of rotatable bonds is 8. The first-order valence-electron chi connectivity index (χ1n) is 6.91. The highest BCUT2D eigenvalue weighted by Crippen LogP contribution is 2.29. The van der Waals surface area contributed by atoms with Gasteiger partial charge in [-0.2, -0.15) is 0 Å². The Kier molecular flexibility index (Phi) is 5.38. The van der Waals surface area contributed by atoms with Gasteiger partial charge in [-0.3, -0.25) is 0 Å². The molecule has 1 aliphatic rings. The van der Waals surface area contributed by atoms with Gasteiger partial charge in [0.1, 0.15) is 4.21 Å². The largest absolute Gasteiger partial charge is 0.312 e. The lowest BCUT2D eigenvalue weighted by molar-refractivity contribution is 0.297. The first-order chi connectivity index (χ1) is 9.12. The summed E-state index contributed by atoms with van der Waals surface area (Å²) in [6.07, 6.45) is 4.78. The van der Waals surface area contributed by atoms with Crippen molar-refractivity contribution >= 4 is 21.4 Å². The summed E-state index contributed by atoms with van der Waals surface area (Å²) in [7, 11) is -3.30. The van der Waals surface area contributed by atoms with Crippen molar-refractivity contribution in [2.75, 3.05) is 13.1 Å². The van der Waals surface area contributed by atoms with Crippen LogP contribution < -0.4 is 10.0 Å². The lowest BCUT2D eigenvalue weighted by Gasteiger charge is -2.24. The zero-order chi connectivity index (χ0) is 13.7. The number of nitrogens with one attached hydrogen (secondary N) is 2. The van der Waals surface area contributed by atoms with Crippen LogP contribution in [0.4, 0.5) is 0 Å². The molecular weight excluding hydrogens is 280 g/mol. The predicted molar refractivity (Wildman–Crippen MR) is 78.8 cm³/mol. The molecule has 6 heteroatoms. The molecule has 1 aromatic rings. The van der Waals surface area contributed by atoms with Crippen molar-refractivity contribution in [2.45, 2.75) is 43.4 Å². The van der Waals surface area contributed by atoms with Gasteiger partial charge in [0.25, 0.3) is 0 Å². The average Bonchev–Trinajstić information content (AvgIpc) is 2.79. The standard InChI is InChI=1S/C13H22N2O2S2/c1-2-14-10-12-6-7-13(18-12)19(16,17)15-9-8-11-4-3-5-11/h6-7,11,14-15H,2-5,8-10H2,1H3. The highest BCUT2D eigenvalue weighted by molar-refractivity contribution is 7.91. The topological polar surface area (TPSA) is 58.2 Å². The van der Waals surface area contributed by atoms with Gasteiger partial charge in [0.15, 0.2) is 0 Å². The van der Waals surface area contributed by atoms with E-state index in [-0.39, 0.29) is 0 Å². The smallest absolute Gasteiger partial charge is 0.250 e. The molecule has 0 bridgehead atoms. The first-order valence-corrected chi connectivity index (χ1v) is 9.21. The Bertz CT molecular complexity index is 492. The minimum Gasteiger partial charge on any atom is -0.312 e. The van der Waals surface area contributed by atoms with Crippen molar-refractivity contribution < 1.29 is 8.42 Å². The summed E-state index contributed by atoms with van der Waals surface area (Å²) >= 11 is 1.35. The Morgan fingerprint density at radius 3 is 2.79 bits per heavy atom. The van der Waals surface area contributed by atoms with Crippen molar-refractivity contribution in [3.05, 3.63) is 17.0 Å². The van der Waals surface area contributed by atoms with E-state index >= 15 is 0 Å². The fourth-order valence-corrected chi connectivity index (χ4v) is 4.51. The van der Waals surface area contributed by atoms with E-state index in [1.807, 2.05) is 13.0 Å². The summed E-state index contributed by atoms with van der Waals surface area (Å²) in [4.78, 5) is 1.06. The van der Waals surface area contributed by atoms with E-state index in [1.54, 1.807) is 6.07 Å². The van der Waals surface area contributed by atoms with Crippen LogP contribution >= 0.6 is 11.3 Å². The predicted octanol–water partition coefficient (Wildman–Crippen LogP) is 2.33. The van der Waals surface area contributed by atoms with Crippen LogP contribution in [0.3, 0.4) is 0 Å². The number of thiophene rings is 1. The molecule has 0 amide bonds. The second-order valence-corrected chi connectivity index (χ2v) is 8.15. The fraction of sp³-hybridized carbons (Fsp3) is 0.692. The molecule has 0 radical (unpaired) electrons. The summed E-state index contributed by atoms with van der Waals surface area (Å²) in [6.45, 7) is 4.22. The molecule has 1 aliphatic carbocycles. The SMILES string of the molecule is CCNCc1ccc(S(=O)(=O)NCCC2CCC2)s1. The van der Waals surface area contributed by atoms with Gasteiger partial charge in [0.2, 0.25) is 10.0 Å². The molecule has 4 nitrogen and oxygen atoms in total. The van der Waals surface area contributed by atoms with Gasteiger partial charge in [-0.1, -0.05) is 26.2 Å². The molecule has 0 spiro atoms. The third-order valence-corrected chi connectivity index (χ3v) is 6.56. The van der Waals surface area contributed by atoms with Crippen LogP contribution in [-0.4, -0.2) is 21.5 Å². The van der Waals surface area contributed by atoms with Gasteiger partial charge in [-0.05, 0) is 31.0 Å². The van der Waals surface area contributed by atoms with Crippen molar-refractivity contribution in [2.24, 2.45) is 5.92 Å². The Labute approximate surface area is 119 Å². The first kappa shape index (κ1) is 15.0. The molecule has 1 heterocycles. The minimum atomic E-state index is -3.30. The Morgan fingerprint density at radius 1 is 1.37 bits per heavy atom. The fourth-order valence-electron chi connectivity index (χ4n) is 2.10. The number of sulfonamides is 1. The van der Waals surface area contributed by atoms with Crippen molar-refractivity contribution in [1.29, 1.82) is 0 Å². The molecule has 0 aliphatic heterocycles. The van der Waals surface area contributed by atoms with Crippen LogP contribution in [0.1, 0.15) is 37.5 Å². The number of hydrogen-bond acceptors (Lipinski definition) is 4. The van der Waals surface area contributed by atoms with Gasteiger partial charge in [0, 0.05) is 18.0 Å². The summed E-state index contributed by atoms with van der Waals surface area (Å²) in [5.74, 6) is 0.732. The molecule has 2 rings (SSSR count). The van der Waals surface area contributed by atoms with E-state index in [4.69, 9.17) is 0 Å². The maximum atomic E-state index is 12.1. The molecule has 0 atom stereocenters. The molecule has 1 saturated carbocycles. The second-order valence-electron chi connectivity index (χ2n) is 4.98. The zero-order valence-corrected chi connectivity index (χ0v) is 12.9. The van der Waals surface area contributed by atoms with Crippen LogP contribution in [0, 0.1) is 5.92 Å². The van der Waals surface area contributed by atoms with Crippen molar-refractivity contribution in [3.63, 3.8) is 0 Å². The average molecular weight is 302 g/mol. The molecule has 0 aromatic carbocycles. The second kappa shape index (κ2) is 6.83. The number of hydrogen-bond donors (Lipinski definition) is 2. The van der Waals surface area contributed by atoms with Crippen LogP contribution in [0.25, 0.3) is 0 Å². The normalized spacial score (nSPS) is 16.5. The van der Waals surface area contributed by atoms with E-state index in [9.17, 15) is 8.42 Å². The van der Waals surface area contributed by atoms with E-state index in [1.165, 1.54) is 30.6 Å². The van der Waals surface area contributed by atoms with Crippen molar-refractivity contribution in [1.82, 2.24) is 10.0 Å². The maximum Gasteiger partial charge on any atom is 0.250 e. The quantitative estimate of drug-likeness (QED) is 0.775. The Morgan fingerprint density at radius 2 is 2.16 bits per heavy atom. The van der Waals surface area contributed by atoms with Gasteiger partial charge in [-0.15, -0.1) is 11.3 Å². The molecule has 19 heavy (non-hydrogen) atoms. The third kappa shape index (κ3) is 4.27. The van der Waals surface area contributed by atoms with E-state index in [0.29, 0.717) is 10.8 Å². The highest BCUT2D eigenvalue weighted by atomic mass is 32.2. The van der Waals surface area contributed by atoms with Gasteiger partial charge in [0.05, 0.1) is 0 Å². The van der Waals surface area contributed by atoms with Crippen LogP contribution in [0.2, 0.25) is 0 Å². The monoisotopic (exact) mass is 302 g/mol. The van der Waals surface area contributed by atoms with E-state index in [2.05, 4.69) is 10.0 Å². The Balaban J connectivity index is 1.85. The zero-order valence-electron chi connectivity index (χ0n) is 11.3. The molecule has 0 saturated heterocycles. The van der Waals surface area contributed by atoms with Gasteiger partial charge < -0.3 is 5.32 Å². The summed E-state index contributed by atoms with van der Waals surface area (Å²) < 4.78 is 27.3. The minimum absolute atomic E-state index is 0.425. The Hall–Kier alpha value is -0.430. The van der Waals surface area contributed by atoms with E-state index < -0.39 is 10.0 Å². The van der Waals surface area contributed by atoms with Gasteiger partial charge >= 0.3 is 0 Å². The summed E-state index contributed by atoms with van der Waals surface area (Å²) in [5.41, 5.74) is 0. The van der Waals surface area contributed by atoms with Crippen LogP contribution in [0.15, 0.2) is 16.3 Å². The van der Waals surface area contributed by atoms with Crippen LogP contribution in [-0.2, 0) is 16.6 Å². The lowest BCUT2D eigenvalue weighted by Crippen LogP contribution is -2.27. The van der Waals surface area contributed by atoms with Gasteiger partial charge in [-0.25, -0.2) is 13.1 Å². The van der Waals surface area contributed by atoms with Crippen LogP contribution in [0.5, 0.6) is 0 Å². The summed E-state index contributed by atoms with van der Waals surface area (Å²) in [6, 6.07) is 3.58. The molecular formula is C13H22N2O2S2. The van der Waals surface area contributed by atoms with E-state index in [0.717, 1.165) is 30.3 Å². The highest BCUT2D eigenvalue weighted by Gasteiger charge is 2.20. The molecule has 0 unspecified atom stereocenters. The molecule has 1 aromatic heterocycles. The molecule has 2 N–H and O–H groups in total. The maximum absolute atomic E-state index is 12.1. The molecule has 1 fully saturated rings. The lowest BCUT2D eigenvalue weighted by atomic mass is 9.83. The van der Waals surface area contributed by atoms with Crippen molar-refractivity contribution in [3.8, 4) is 0 Å². The summed E-state index contributed by atoms with van der Waals surface area (Å²) in [5, 5.41) is 3.20. The molecule has 108 valence electrons. The third-order valence-electron chi connectivity index (χ3n) is 3.52.